The zero-order valence-corrected chi connectivity index (χ0v) is 12.2. The number of Topliss-reactive ketones (excluding diaryl/α,β-unsaturated/α-hetero) is 1. The van der Waals surface area contributed by atoms with Crippen LogP contribution in [0.25, 0.3) is 0 Å². The highest BCUT2D eigenvalue weighted by atomic mass is 16.1. The number of ketones is 1. The van der Waals surface area contributed by atoms with Crippen LogP contribution in [-0.4, -0.2) is 23.9 Å². The summed E-state index contributed by atoms with van der Waals surface area (Å²) in [5.41, 5.74) is 0.693. The van der Waals surface area contributed by atoms with E-state index in [-0.39, 0.29) is 5.78 Å². The Morgan fingerprint density at radius 2 is 2.11 bits per heavy atom. The largest absolute Gasteiger partial charge is 0.357 e. The molecule has 19 heavy (non-hydrogen) atoms. The quantitative estimate of drug-likeness (QED) is 0.779. The Morgan fingerprint density at radius 3 is 2.68 bits per heavy atom. The Bertz CT molecular complexity index is 425. The molecule has 3 heteroatoms. The molecule has 1 aromatic heterocycles. The van der Waals surface area contributed by atoms with Gasteiger partial charge in [0.25, 0.3) is 0 Å². The zero-order chi connectivity index (χ0) is 13.8. The summed E-state index contributed by atoms with van der Waals surface area (Å²) in [7, 11) is 0. The Morgan fingerprint density at radius 1 is 1.32 bits per heavy atom. The molecule has 2 heterocycles. The summed E-state index contributed by atoms with van der Waals surface area (Å²) in [6.45, 7) is 8.38. The molecule has 0 aromatic carbocycles. The standard InChI is InChI=1S/C16H24N2O/c1-12(2)14-5-4-9-18(10-8-14)16-7-6-15(11-17-16)13(3)19/h6-7,11-12,14H,4-5,8-10H2,1-3H3. The van der Waals surface area contributed by atoms with Crippen molar-refractivity contribution in [3.63, 3.8) is 0 Å². The maximum Gasteiger partial charge on any atom is 0.161 e. The first-order valence-electron chi connectivity index (χ1n) is 7.30. The van der Waals surface area contributed by atoms with E-state index < -0.39 is 0 Å². The van der Waals surface area contributed by atoms with Crippen molar-refractivity contribution in [1.82, 2.24) is 4.98 Å². The summed E-state index contributed by atoms with van der Waals surface area (Å²) >= 11 is 0. The third-order valence-electron chi connectivity index (χ3n) is 4.19. The van der Waals surface area contributed by atoms with Crippen molar-refractivity contribution >= 4 is 11.6 Å². The van der Waals surface area contributed by atoms with E-state index >= 15 is 0 Å². The molecule has 0 saturated carbocycles. The minimum Gasteiger partial charge on any atom is -0.357 e. The highest BCUT2D eigenvalue weighted by Crippen LogP contribution is 2.26. The van der Waals surface area contributed by atoms with Gasteiger partial charge < -0.3 is 4.90 Å². The molecule has 0 radical (unpaired) electrons. The third kappa shape index (κ3) is 3.55. The van der Waals surface area contributed by atoms with Crippen LogP contribution in [0.3, 0.4) is 0 Å². The average Bonchev–Trinajstić information content (AvgIpc) is 2.64. The molecule has 1 fully saturated rings. The van der Waals surface area contributed by atoms with Crippen molar-refractivity contribution in [2.45, 2.75) is 40.0 Å². The predicted octanol–water partition coefficient (Wildman–Crippen LogP) is 3.55. The Kier molecular flexibility index (Phi) is 4.56. The lowest BCUT2D eigenvalue weighted by molar-refractivity contribution is 0.101. The van der Waals surface area contributed by atoms with Crippen molar-refractivity contribution in [2.24, 2.45) is 11.8 Å². The lowest BCUT2D eigenvalue weighted by atomic mass is 9.89. The first-order chi connectivity index (χ1) is 9.08. The van der Waals surface area contributed by atoms with Crippen molar-refractivity contribution < 1.29 is 4.79 Å². The van der Waals surface area contributed by atoms with Gasteiger partial charge in [-0.25, -0.2) is 4.98 Å². The molecule has 1 aliphatic heterocycles. The topological polar surface area (TPSA) is 33.2 Å². The van der Waals surface area contributed by atoms with Crippen LogP contribution >= 0.6 is 0 Å². The summed E-state index contributed by atoms with van der Waals surface area (Å²) < 4.78 is 0. The zero-order valence-electron chi connectivity index (χ0n) is 12.2. The van der Waals surface area contributed by atoms with E-state index in [2.05, 4.69) is 23.7 Å². The minimum absolute atomic E-state index is 0.0785. The molecule has 0 aliphatic carbocycles. The summed E-state index contributed by atoms with van der Waals surface area (Å²) in [5, 5.41) is 0. The Hall–Kier alpha value is -1.38. The molecule has 1 atom stereocenters. The fourth-order valence-corrected chi connectivity index (χ4v) is 2.80. The van der Waals surface area contributed by atoms with Crippen LogP contribution in [0.4, 0.5) is 5.82 Å². The first kappa shape index (κ1) is 14.0. The monoisotopic (exact) mass is 260 g/mol. The van der Waals surface area contributed by atoms with Gasteiger partial charge in [0.15, 0.2) is 5.78 Å². The van der Waals surface area contributed by atoms with Crippen LogP contribution < -0.4 is 4.90 Å². The molecule has 0 N–H and O–H groups in total. The van der Waals surface area contributed by atoms with Gasteiger partial charge in [0, 0.05) is 24.8 Å². The van der Waals surface area contributed by atoms with Gasteiger partial charge in [0.1, 0.15) is 5.82 Å². The fraction of sp³-hybridized carbons (Fsp3) is 0.625. The molecule has 1 aliphatic rings. The average molecular weight is 260 g/mol. The van der Waals surface area contributed by atoms with Gasteiger partial charge in [-0.3, -0.25) is 4.79 Å². The van der Waals surface area contributed by atoms with Gasteiger partial charge in [0.05, 0.1) is 0 Å². The molecular weight excluding hydrogens is 236 g/mol. The van der Waals surface area contributed by atoms with Crippen molar-refractivity contribution in [3.05, 3.63) is 23.9 Å². The molecule has 0 bridgehead atoms. The van der Waals surface area contributed by atoms with Gasteiger partial charge >= 0.3 is 0 Å². The SMILES string of the molecule is CC(=O)c1ccc(N2CCCC(C(C)C)CC2)nc1. The highest BCUT2D eigenvalue weighted by Gasteiger charge is 2.20. The molecule has 1 saturated heterocycles. The van der Waals surface area contributed by atoms with Gasteiger partial charge in [-0.1, -0.05) is 13.8 Å². The third-order valence-corrected chi connectivity index (χ3v) is 4.19. The molecular formula is C16H24N2O. The van der Waals surface area contributed by atoms with Gasteiger partial charge in [-0.05, 0) is 50.2 Å². The number of anilines is 1. The van der Waals surface area contributed by atoms with E-state index in [1.165, 1.54) is 19.3 Å². The van der Waals surface area contributed by atoms with Crippen LogP contribution in [0.2, 0.25) is 0 Å². The van der Waals surface area contributed by atoms with Gasteiger partial charge in [-0.15, -0.1) is 0 Å². The van der Waals surface area contributed by atoms with Crippen LogP contribution in [0.15, 0.2) is 18.3 Å². The number of hydrogen-bond donors (Lipinski definition) is 0. The Labute approximate surface area is 116 Å². The van der Waals surface area contributed by atoms with Crippen LogP contribution in [-0.2, 0) is 0 Å². The molecule has 1 unspecified atom stereocenters. The summed E-state index contributed by atoms with van der Waals surface area (Å²) in [6, 6.07) is 3.86. The maximum absolute atomic E-state index is 11.3. The number of pyridine rings is 1. The summed E-state index contributed by atoms with van der Waals surface area (Å²) in [5.74, 6) is 2.69. The minimum atomic E-state index is 0.0785. The highest BCUT2D eigenvalue weighted by molar-refractivity contribution is 5.93. The summed E-state index contributed by atoms with van der Waals surface area (Å²) in [4.78, 5) is 18.0. The van der Waals surface area contributed by atoms with Crippen LogP contribution in [0, 0.1) is 11.8 Å². The lowest BCUT2D eigenvalue weighted by Gasteiger charge is -2.22. The molecule has 2 rings (SSSR count). The predicted molar refractivity (Wildman–Crippen MR) is 78.6 cm³/mol. The van der Waals surface area contributed by atoms with Gasteiger partial charge in [0.2, 0.25) is 0 Å². The van der Waals surface area contributed by atoms with Crippen molar-refractivity contribution in [1.29, 1.82) is 0 Å². The first-order valence-corrected chi connectivity index (χ1v) is 7.30. The molecule has 104 valence electrons. The normalized spacial score (nSPS) is 20.4. The number of rotatable bonds is 3. The second-order valence-corrected chi connectivity index (χ2v) is 5.88. The lowest BCUT2D eigenvalue weighted by Crippen LogP contribution is -2.25. The van der Waals surface area contributed by atoms with Crippen LogP contribution in [0.5, 0.6) is 0 Å². The van der Waals surface area contributed by atoms with E-state index in [1.54, 1.807) is 13.1 Å². The second-order valence-electron chi connectivity index (χ2n) is 5.88. The maximum atomic E-state index is 11.3. The van der Waals surface area contributed by atoms with E-state index in [4.69, 9.17) is 0 Å². The molecule has 0 amide bonds. The molecule has 0 spiro atoms. The number of carbonyl (C=O) groups excluding carboxylic acids is 1. The molecule has 3 nitrogen and oxygen atoms in total. The van der Waals surface area contributed by atoms with E-state index in [1.807, 2.05) is 12.1 Å². The van der Waals surface area contributed by atoms with Crippen LogP contribution in [0.1, 0.15) is 50.4 Å². The summed E-state index contributed by atoms with van der Waals surface area (Å²) in [6.07, 6.45) is 5.50. The molecule has 1 aromatic rings. The Balaban J connectivity index is 2.03. The van der Waals surface area contributed by atoms with Crippen molar-refractivity contribution in [2.75, 3.05) is 18.0 Å². The fourth-order valence-electron chi connectivity index (χ4n) is 2.80. The smallest absolute Gasteiger partial charge is 0.161 e. The number of hydrogen-bond acceptors (Lipinski definition) is 3. The number of aromatic nitrogens is 1. The van der Waals surface area contributed by atoms with E-state index in [0.717, 1.165) is 30.7 Å². The number of carbonyl (C=O) groups is 1. The van der Waals surface area contributed by atoms with E-state index in [9.17, 15) is 4.79 Å². The second kappa shape index (κ2) is 6.18. The van der Waals surface area contributed by atoms with Gasteiger partial charge in [-0.2, -0.15) is 0 Å². The van der Waals surface area contributed by atoms with E-state index in [0.29, 0.717) is 5.56 Å². The number of nitrogens with zero attached hydrogens (tertiary/aromatic N) is 2. The van der Waals surface area contributed by atoms with Crippen molar-refractivity contribution in [3.8, 4) is 0 Å².